The molecule has 2 rings (SSSR count). The summed E-state index contributed by atoms with van der Waals surface area (Å²) in [5.41, 5.74) is 2.90. The third-order valence-electron chi connectivity index (χ3n) is 2.91. The van der Waals surface area contributed by atoms with Crippen molar-refractivity contribution in [3.63, 3.8) is 0 Å². The Balaban J connectivity index is 2.07. The van der Waals surface area contributed by atoms with Gasteiger partial charge in [0.25, 0.3) is 5.69 Å². The smallest absolute Gasteiger partial charge is 0.272 e. The van der Waals surface area contributed by atoms with Crippen LogP contribution in [-0.2, 0) is 6.42 Å². The first-order valence-electron chi connectivity index (χ1n) is 6.42. The van der Waals surface area contributed by atoms with Gasteiger partial charge in [0, 0.05) is 23.2 Å². The molecule has 0 atom stereocenters. The van der Waals surface area contributed by atoms with Crippen molar-refractivity contribution in [3.05, 3.63) is 72.7 Å². The number of hydrogen-bond donors (Lipinski definition) is 1. The lowest BCUT2D eigenvalue weighted by Crippen LogP contribution is -1.99. The molecular weight excluding hydrogens is 368 g/mol. The van der Waals surface area contributed by atoms with Crippen molar-refractivity contribution in [2.45, 2.75) is 6.42 Å². The maximum absolute atomic E-state index is 11.0. The number of hydrogen-bond acceptors (Lipinski definition) is 6. The van der Waals surface area contributed by atoms with Gasteiger partial charge < -0.3 is 0 Å². The molecule has 0 amide bonds. The molecule has 9 heteroatoms. The molecule has 0 aliphatic rings. The van der Waals surface area contributed by atoms with Gasteiger partial charge in [0.15, 0.2) is 0 Å². The van der Waals surface area contributed by atoms with Crippen molar-refractivity contribution in [3.8, 4) is 0 Å². The van der Waals surface area contributed by atoms with Gasteiger partial charge in [-0.15, -0.1) is 0 Å². The zero-order chi connectivity index (χ0) is 16.8. The topological polar surface area (TPSA) is 111 Å². The van der Waals surface area contributed by atoms with Crippen molar-refractivity contribution in [1.29, 1.82) is 0 Å². The van der Waals surface area contributed by atoms with Crippen LogP contribution in [0.1, 0.15) is 5.56 Å². The number of benzene rings is 2. The molecule has 118 valence electrons. The third-order valence-corrected chi connectivity index (χ3v) is 3.43. The van der Waals surface area contributed by atoms with Gasteiger partial charge in [0.05, 0.1) is 15.9 Å². The first-order valence-corrected chi connectivity index (χ1v) is 7.21. The summed E-state index contributed by atoms with van der Waals surface area (Å²) in [6.07, 6.45) is 2.11. The number of non-ortho nitro benzene ring substituents is 1. The number of nitrogens with zero attached hydrogens (tertiary/aromatic N) is 3. The Morgan fingerprint density at radius 3 is 2.39 bits per heavy atom. The maximum Gasteiger partial charge on any atom is 0.301 e. The van der Waals surface area contributed by atoms with Crippen LogP contribution in [0.2, 0.25) is 0 Å². The van der Waals surface area contributed by atoms with Gasteiger partial charge in [-0.2, -0.15) is 5.10 Å². The molecule has 0 aliphatic carbocycles. The summed E-state index contributed by atoms with van der Waals surface area (Å²) in [5, 5.41) is 25.5. The van der Waals surface area contributed by atoms with Crippen LogP contribution in [0.4, 0.5) is 17.1 Å². The molecule has 0 aromatic heterocycles. The first-order chi connectivity index (χ1) is 11.0. The molecule has 0 radical (unpaired) electrons. The summed E-state index contributed by atoms with van der Waals surface area (Å²) in [7, 11) is 0. The number of rotatable bonds is 6. The first kappa shape index (κ1) is 16.6. The van der Waals surface area contributed by atoms with E-state index in [-0.39, 0.29) is 11.4 Å². The lowest BCUT2D eigenvalue weighted by atomic mass is 10.2. The van der Waals surface area contributed by atoms with Crippen LogP contribution in [0.3, 0.4) is 0 Å². The fourth-order valence-electron chi connectivity index (χ4n) is 1.77. The Kier molecular flexibility index (Phi) is 5.36. The van der Waals surface area contributed by atoms with Gasteiger partial charge in [-0.3, -0.25) is 25.7 Å². The van der Waals surface area contributed by atoms with Crippen LogP contribution in [0.25, 0.3) is 0 Å². The number of hydrazone groups is 1. The monoisotopic (exact) mass is 378 g/mol. The second-order valence-corrected chi connectivity index (χ2v) is 5.39. The average Bonchev–Trinajstić information content (AvgIpc) is 2.53. The quantitative estimate of drug-likeness (QED) is 0.465. The van der Waals surface area contributed by atoms with E-state index in [1.807, 2.05) is 24.3 Å². The number of anilines is 1. The summed E-state index contributed by atoms with van der Waals surface area (Å²) in [5.74, 6) is 0. The highest BCUT2D eigenvalue weighted by Crippen LogP contribution is 2.28. The van der Waals surface area contributed by atoms with Crippen LogP contribution in [0, 0.1) is 20.2 Å². The minimum atomic E-state index is -0.695. The molecule has 0 spiro atoms. The van der Waals surface area contributed by atoms with Crippen molar-refractivity contribution in [2.24, 2.45) is 5.10 Å². The van der Waals surface area contributed by atoms with E-state index in [9.17, 15) is 20.2 Å². The Labute approximate surface area is 139 Å². The third kappa shape index (κ3) is 4.58. The molecule has 0 saturated carbocycles. The fourth-order valence-corrected chi connectivity index (χ4v) is 2.03. The van der Waals surface area contributed by atoms with Crippen LogP contribution in [0.15, 0.2) is 52.0 Å². The summed E-state index contributed by atoms with van der Waals surface area (Å²) >= 11 is 3.34. The minimum absolute atomic E-state index is 0.0904. The van der Waals surface area contributed by atoms with E-state index in [1.165, 1.54) is 12.1 Å². The van der Waals surface area contributed by atoms with Crippen molar-refractivity contribution in [1.82, 2.24) is 0 Å². The maximum atomic E-state index is 11.0. The molecule has 8 nitrogen and oxygen atoms in total. The van der Waals surface area contributed by atoms with Gasteiger partial charge in [0.2, 0.25) is 0 Å². The zero-order valence-electron chi connectivity index (χ0n) is 11.7. The summed E-state index contributed by atoms with van der Waals surface area (Å²) in [6, 6.07) is 11.0. The normalized spacial score (nSPS) is 10.7. The molecule has 0 heterocycles. The van der Waals surface area contributed by atoms with Crippen molar-refractivity contribution in [2.75, 3.05) is 5.43 Å². The lowest BCUT2D eigenvalue weighted by Gasteiger charge is -2.02. The highest BCUT2D eigenvalue weighted by molar-refractivity contribution is 9.10. The predicted molar refractivity (Wildman–Crippen MR) is 89.7 cm³/mol. The van der Waals surface area contributed by atoms with Crippen molar-refractivity contribution >= 4 is 39.2 Å². The molecule has 0 saturated heterocycles. The predicted octanol–water partition coefficient (Wildman–Crippen LogP) is 3.91. The van der Waals surface area contributed by atoms with Gasteiger partial charge >= 0.3 is 5.69 Å². The molecule has 1 N–H and O–H groups in total. The van der Waals surface area contributed by atoms with Gasteiger partial charge in [0.1, 0.15) is 5.69 Å². The van der Waals surface area contributed by atoms with Crippen LogP contribution in [-0.4, -0.2) is 16.1 Å². The standard InChI is InChI=1S/C14H11BrN4O4/c15-11-3-1-10(2-4-11)7-8-16-17-13-6-5-12(18(20)21)9-14(13)19(22)23/h1-6,8-9,17H,7H2/b16-8+. The van der Waals surface area contributed by atoms with E-state index in [0.717, 1.165) is 16.1 Å². The molecular formula is C14H11BrN4O4. The van der Waals surface area contributed by atoms with Crippen LogP contribution in [0.5, 0.6) is 0 Å². The van der Waals surface area contributed by atoms with E-state index in [0.29, 0.717) is 6.42 Å². The molecule has 2 aromatic carbocycles. The number of nitro benzene ring substituents is 2. The van der Waals surface area contributed by atoms with Gasteiger partial charge in [-0.1, -0.05) is 28.1 Å². The SMILES string of the molecule is O=[N+]([O-])c1ccc(N/N=C/Cc2ccc(Br)cc2)c([N+](=O)[O-])c1. The average molecular weight is 379 g/mol. The number of nitro groups is 2. The lowest BCUT2D eigenvalue weighted by molar-refractivity contribution is -0.393. The molecule has 0 fully saturated rings. The number of nitrogens with one attached hydrogen (secondary N) is 1. The zero-order valence-corrected chi connectivity index (χ0v) is 13.3. The summed E-state index contributed by atoms with van der Waals surface area (Å²) < 4.78 is 0.970. The van der Waals surface area contributed by atoms with Gasteiger partial charge in [-0.05, 0) is 23.8 Å². The minimum Gasteiger partial charge on any atom is -0.272 e. The van der Waals surface area contributed by atoms with E-state index in [4.69, 9.17) is 0 Å². The largest absolute Gasteiger partial charge is 0.301 e. The second-order valence-electron chi connectivity index (χ2n) is 4.47. The summed E-state index contributed by atoms with van der Waals surface area (Å²) in [6.45, 7) is 0. The second kappa shape index (κ2) is 7.45. The van der Waals surface area contributed by atoms with E-state index >= 15 is 0 Å². The molecule has 0 bridgehead atoms. The highest BCUT2D eigenvalue weighted by atomic mass is 79.9. The Bertz CT molecular complexity index is 762. The fraction of sp³-hybridized carbons (Fsp3) is 0.0714. The van der Waals surface area contributed by atoms with Crippen LogP contribution >= 0.6 is 15.9 Å². The van der Waals surface area contributed by atoms with E-state index in [1.54, 1.807) is 6.21 Å². The molecule has 2 aromatic rings. The highest BCUT2D eigenvalue weighted by Gasteiger charge is 2.18. The Morgan fingerprint density at radius 1 is 1.09 bits per heavy atom. The van der Waals surface area contributed by atoms with E-state index in [2.05, 4.69) is 26.5 Å². The molecule has 0 aliphatic heterocycles. The van der Waals surface area contributed by atoms with Crippen molar-refractivity contribution < 1.29 is 9.85 Å². The Morgan fingerprint density at radius 2 is 1.78 bits per heavy atom. The van der Waals surface area contributed by atoms with Gasteiger partial charge in [-0.25, -0.2) is 0 Å². The molecule has 0 unspecified atom stereocenters. The van der Waals surface area contributed by atoms with Crippen LogP contribution < -0.4 is 5.43 Å². The Hall–Kier alpha value is -2.81. The van der Waals surface area contributed by atoms with E-state index < -0.39 is 15.5 Å². The number of halogens is 1. The molecule has 23 heavy (non-hydrogen) atoms. The summed E-state index contributed by atoms with van der Waals surface area (Å²) in [4.78, 5) is 20.2.